The molecule has 3 nitrogen and oxygen atoms in total. The molecule has 0 saturated carbocycles. The van der Waals surface area contributed by atoms with E-state index in [0.717, 1.165) is 6.20 Å². The van der Waals surface area contributed by atoms with Crippen molar-refractivity contribution in [3.63, 3.8) is 0 Å². The van der Waals surface area contributed by atoms with E-state index >= 15 is 0 Å². The molecule has 1 N–H and O–H groups in total. The third-order valence-electron chi connectivity index (χ3n) is 2.27. The SMILES string of the molecule is CCOC(C)(C)C(O)c1ccncc1F. The normalized spacial score (nSPS) is 13.9. The summed E-state index contributed by atoms with van der Waals surface area (Å²) >= 11 is 0. The summed E-state index contributed by atoms with van der Waals surface area (Å²) in [7, 11) is 0. The first-order valence-electron chi connectivity index (χ1n) is 4.90. The first-order chi connectivity index (χ1) is 6.99. The molecule has 0 aliphatic heterocycles. The van der Waals surface area contributed by atoms with Gasteiger partial charge in [-0.25, -0.2) is 4.39 Å². The molecular weight excluding hydrogens is 197 g/mol. The lowest BCUT2D eigenvalue weighted by Crippen LogP contribution is -2.33. The van der Waals surface area contributed by atoms with Crippen molar-refractivity contribution < 1.29 is 14.2 Å². The molecule has 1 atom stereocenters. The van der Waals surface area contributed by atoms with E-state index < -0.39 is 17.5 Å². The number of aliphatic hydroxyl groups is 1. The van der Waals surface area contributed by atoms with E-state index in [1.54, 1.807) is 13.8 Å². The maximum absolute atomic E-state index is 13.3. The van der Waals surface area contributed by atoms with Gasteiger partial charge in [0, 0.05) is 18.4 Å². The molecular formula is C11H16FNO2. The molecule has 1 heterocycles. The van der Waals surface area contributed by atoms with E-state index in [9.17, 15) is 9.50 Å². The Hall–Kier alpha value is -1.00. The summed E-state index contributed by atoms with van der Waals surface area (Å²) in [5.74, 6) is -0.516. The van der Waals surface area contributed by atoms with Gasteiger partial charge in [0.05, 0.1) is 11.8 Å². The summed E-state index contributed by atoms with van der Waals surface area (Å²) in [6.07, 6.45) is 1.53. The molecule has 1 aromatic rings. The summed E-state index contributed by atoms with van der Waals surface area (Å²) in [6, 6.07) is 1.46. The lowest BCUT2D eigenvalue weighted by atomic mass is 9.95. The molecule has 4 heteroatoms. The lowest BCUT2D eigenvalue weighted by Gasteiger charge is -2.30. The van der Waals surface area contributed by atoms with Gasteiger partial charge in [-0.2, -0.15) is 0 Å². The Morgan fingerprint density at radius 1 is 1.60 bits per heavy atom. The molecule has 1 unspecified atom stereocenters. The summed E-state index contributed by atoms with van der Waals surface area (Å²) in [6.45, 7) is 5.75. The van der Waals surface area contributed by atoms with Crippen LogP contribution in [0, 0.1) is 5.82 Å². The fraction of sp³-hybridized carbons (Fsp3) is 0.545. The number of pyridine rings is 1. The monoisotopic (exact) mass is 213 g/mol. The number of nitrogens with zero attached hydrogens (tertiary/aromatic N) is 1. The smallest absolute Gasteiger partial charge is 0.147 e. The molecule has 0 aliphatic rings. The summed E-state index contributed by atoms with van der Waals surface area (Å²) in [4.78, 5) is 3.63. The zero-order valence-electron chi connectivity index (χ0n) is 9.20. The maximum Gasteiger partial charge on any atom is 0.147 e. The van der Waals surface area contributed by atoms with Gasteiger partial charge in [-0.05, 0) is 26.8 Å². The third-order valence-corrected chi connectivity index (χ3v) is 2.27. The molecule has 1 aromatic heterocycles. The number of ether oxygens (including phenoxy) is 1. The van der Waals surface area contributed by atoms with E-state index in [1.165, 1.54) is 12.3 Å². The molecule has 0 radical (unpaired) electrons. The van der Waals surface area contributed by atoms with Gasteiger partial charge in [0.25, 0.3) is 0 Å². The Morgan fingerprint density at radius 2 is 2.27 bits per heavy atom. The Bertz CT molecular complexity index is 328. The van der Waals surface area contributed by atoms with Crippen LogP contribution < -0.4 is 0 Å². The molecule has 0 spiro atoms. The van der Waals surface area contributed by atoms with Crippen molar-refractivity contribution in [2.24, 2.45) is 0 Å². The van der Waals surface area contributed by atoms with Crippen LogP contribution in [0.1, 0.15) is 32.4 Å². The van der Waals surface area contributed by atoms with Crippen LogP contribution in [0.15, 0.2) is 18.5 Å². The molecule has 0 fully saturated rings. The van der Waals surface area contributed by atoms with E-state index in [0.29, 0.717) is 6.61 Å². The van der Waals surface area contributed by atoms with Gasteiger partial charge in [0.15, 0.2) is 0 Å². The average molecular weight is 213 g/mol. The molecule has 0 aliphatic carbocycles. The van der Waals surface area contributed by atoms with Crippen molar-refractivity contribution >= 4 is 0 Å². The Balaban J connectivity index is 2.93. The van der Waals surface area contributed by atoms with E-state index in [1.807, 2.05) is 6.92 Å². The lowest BCUT2D eigenvalue weighted by molar-refractivity contribution is -0.0994. The van der Waals surface area contributed by atoms with Crippen molar-refractivity contribution in [2.45, 2.75) is 32.5 Å². The molecule has 0 aromatic carbocycles. The van der Waals surface area contributed by atoms with Crippen molar-refractivity contribution in [3.8, 4) is 0 Å². The van der Waals surface area contributed by atoms with Gasteiger partial charge in [-0.1, -0.05) is 0 Å². The summed E-state index contributed by atoms with van der Waals surface area (Å²) < 4.78 is 18.7. The van der Waals surface area contributed by atoms with Gasteiger partial charge >= 0.3 is 0 Å². The highest BCUT2D eigenvalue weighted by Gasteiger charge is 2.31. The second-order valence-corrected chi connectivity index (χ2v) is 3.84. The molecule has 0 saturated heterocycles. The molecule has 0 bridgehead atoms. The number of rotatable bonds is 4. The highest BCUT2D eigenvalue weighted by Crippen LogP contribution is 2.29. The topological polar surface area (TPSA) is 42.4 Å². The van der Waals surface area contributed by atoms with Crippen LogP contribution in [0.2, 0.25) is 0 Å². The fourth-order valence-electron chi connectivity index (χ4n) is 1.43. The number of hydrogen-bond donors (Lipinski definition) is 1. The Labute approximate surface area is 88.9 Å². The van der Waals surface area contributed by atoms with Gasteiger partial charge in [-0.3, -0.25) is 4.98 Å². The van der Waals surface area contributed by atoms with E-state index in [4.69, 9.17) is 4.74 Å². The highest BCUT2D eigenvalue weighted by atomic mass is 19.1. The number of hydrogen-bond acceptors (Lipinski definition) is 3. The average Bonchev–Trinajstić information content (AvgIpc) is 2.17. The third kappa shape index (κ3) is 2.73. The predicted molar refractivity (Wildman–Crippen MR) is 54.9 cm³/mol. The molecule has 0 amide bonds. The molecule has 1 rings (SSSR count). The number of aromatic nitrogens is 1. The quantitative estimate of drug-likeness (QED) is 0.832. The van der Waals surface area contributed by atoms with Crippen LogP contribution in [-0.2, 0) is 4.74 Å². The van der Waals surface area contributed by atoms with E-state index in [-0.39, 0.29) is 5.56 Å². The summed E-state index contributed by atoms with van der Waals surface area (Å²) in [5, 5.41) is 9.97. The van der Waals surface area contributed by atoms with Crippen molar-refractivity contribution in [3.05, 3.63) is 29.8 Å². The van der Waals surface area contributed by atoms with Crippen LogP contribution in [0.3, 0.4) is 0 Å². The van der Waals surface area contributed by atoms with Crippen molar-refractivity contribution in [1.82, 2.24) is 4.98 Å². The standard InChI is InChI=1S/C11H16FNO2/c1-4-15-11(2,3)10(14)8-5-6-13-7-9(8)12/h5-7,10,14H,4H2,1-3H3. The Morgan fingerprint density at radius 3 is 2.80 bits per heavy atom. The minimum atomic E-state index is -1.000. The fourth-order valence-corrected chi connectivity index (χ4v) is 1.43. The maximum atomic E-state index is 13.3. The number of halogens is 1. The first kappa shape index (κ1) is 12.1. The largest absolute Gasteiger partial charge is 0.385 e. The number of aliphatic hydroxyl groups excluding tert-OH is 1. The Kier molecular flexibility index (Phi) is 3.77. The van der Waals surface area contributed by atoms with Crippen molar-refractivity contribution in [1.29, 1.82) is 0 Å². The highest BCUT2D eigenvalue weighted by molar-refractivity contribution is 5.18. The van der Waals surface area contributed by atoms with Gasteiger partial charge < -0.3 is 9.84 Å². The van der Waals surface area contributed by atoms with Gasteiger partial charge in [-0.15, -0.1) is 0 Å². The predicted octanol–water partition coefficient (Wildman–Crippen LogP) is 2.07. The summed E-state index contributed by atoms with van der Waals surface area (Å²) in [5.41, 5.74) is -0.597. The minimum Gasteiger partial charge on any atom is -0.385 e. The molecule has 15 heavy (non-hydrogen) atoms. The van der Waals surface area contributed by atoms with Crippen LogP contribution in [0.25, 0.3) is 0 Å². The van der Waals surface area contributed by atoms with Crippen LogP contribution in [0.5, 0.6) is 0 Å². The molecule has 84 valence electrons. The zero-order valence-corrected chi connectivity index (χ0v) is 9.20. The second-order valence-electron chi connectivity index (χ2n) is 3.84. The van der Waals surface area contributed by atoms with Crippen LogP contribution >= 0.6 is 0 Å². The minimum absolute atomic E-state index is 0.212. The van der Waals surface area contributed by atoms with Crippen molar-refractivity contribution in [2.75, 3.05) is 6.61 Å². The van der Waals surface area contributed by atoms with E-state index in [2.05, 4.69) is 4.98 Å². The first-order valence-corrected chi connectivity index (χ1v) is 4.90. The van der Waals surface area contributed by atoms with Crippen LogP contribution in [0.4, 0.5) is 4.39 Å². The van der Waals surface area contributed by atoms with Gasteiger partial charge in [0.2, 0.25) is 0 Å². The van der Waals surface area contributed by atoms with Gasteiger partial charge in [0.1, 0.15) is 11.9 Å². The van der Waals surface area contributed by atoms with Crippen LogP contribution in [-0.4, -0.2) is 22.3 Å². The zero-order chi connectivity index (χ0) is 11.5. The second kappa shape index (κ2) is 4.68.